The molecule has 0 aliphatic heterocycles. The zero-order valence-corrected chi connectivity index (χ0v) is 21.2. The number of hydrogen-bond acceptors (Lipinski definition) is 7. The van der Waals surface area contributed by atoms with Crippen molar-refractivity contribution in [1.29, 1.82) is 0 Å². The van der Waals surface area contributed by atoms with E-state index in [1.807, 2.05) is 6.07 Å². The highest BCUT2D eigenvalue weighted by Crippen LogP contribution is 2.33. The number of aliphatic hydroxyl groups excluding tert-OH is 2. The van der Waals surface area contributed by atoms with Crippen LogP contribution in [0, 0.1) is 13.8 Å². The second-order valence-corrected chi connectivity index (χ2v) is 9.36. The average Bonchev–Trinajstić information content (AvgIpc) is 2.79. The van der Waals surface area contributed by atoms with E-state index in [1.165, 1.54) is 6.07 Å². The number of phenols is 1. The first-order valence-corrected chi connectivity index (χ1v) is 11.6. The van der Waals surface area contributed by atoms with Gasteiger partial charge in [0.15, 0.2) is 0 Å². The molecule has 0 aliphatic carbocycles. The predicted octanol–water partition coefficient (Wildman–Crippen LogP) is 2.40. The van der Waals surface area contributed by atoms with Crippen LogP contribution in [0.2, 0.25) is 0 Å². The van der Waals surface area contributed by atoms with Crippen LogP contribution in [0.1, 0.15) is 43.5 Å². The number of alkyl carbamates (subject to hydrolysis) is 1. The Morgan fingerprint density at radius 1 is 1.00 bits per heavy atom. The summed E-state index contributed by atoms with van der Waals surface area (Å²) in [6, 6.07) is 8.96. The van der Waals surface area contributed by atoms with Crippen LogP contribution in [0.25, 0.3) is 0 Å². The first-order chi connectivity index (χ1) is 16.9. The second-order valence-electron chi connectivity index (χ2n) is 9.36. The van der Waals surface area contributed by atoms with E-state index in [1.54, 1.807) is 65.0 Å². The Hall–Kier alpha value is -3.63. The summed E-state index contributed by atoms with van der Waals surface area (Å²) in [5.74, 6) is -1.69. The number of ether oxygens (including phenoxy) is 1. The van der Waals surface area contributed by atoms with Crippen LogP contribution in [0.15, 0.2) is 42.5 Å². The number of para-hydroxylation sites is 2. The van der Waals surface area contributed by atoms with Gasteiger partial charge < -0.3 is 35.6 Å². The first kappa shape index (κ1) is 28.6. The maximum absolute atomic E-state index is 13.6. The molecule has 0 spiro atoms. The number of aromatic hydroxyl groups is 1. The number of amides is 3. The number of nitrogens with one attached hydrogen (secondary N) is 2. The van der Waals surface area contributed by atoms with Gasteiger partial charge in [0.05, 0.1) is 13.2 Å². The minimum atomic E-state index is -1.47. The van der Waals surface area contributed by atoms with E-state index in [4.69, 9.17) is 4.74 Å². The highest BCUT2D eigenvalue weighted by atomic mass is 16.6. The molecule has 0 bridgehead atoms. The van der Waals surface area contributed by atoms with E-state index >= 15 is 0 Å². The second kappa shape index (κ2) is 12.4. The molecule has 0 fully saturated rings. The third kappa shape index (κ3) is 7.43. The smallest absolute Gasteiger partial charge is 0.408 e. The van der Waals surface area contributed by atoms with Crippen molar-refractivity contribution in [1.82, 2.24) is 10.2 Å². The molecule has 0 saturated heterocycles. The molecule has 0 heterocycles. The topological polar surface area (TPSA) is 148 Å². The lowest BCUT2D eigenvalue weighted by molar-refractivity contribution is -0.142. The summed E-state index contributed by atoms with van der Waals surface area (Å²) in [6.07, 6.45) is -0.932. The largest absolute Gasteiger partial charge is 0.507 e. The fraction of sp³-hybridized carbons (Fsp3) is 0.423. The van der Waals surface area contributed by atoms with Crippen molar-refractivity contribution < 1.29 is 34.4 Å². The molecular weight excluding hydrogens is 466 g/mol. The van der Waals surface area contributed by atoms with Crippen LogP contribution < -0.4 is 10.6 Å². The Morgan fingerprint density at radius 3 is 2.22 bits per heavy atom. The van der Waals surface area contributed by atoms with Gasteiger partial charge in [-0.3, -0.25) is 9.59 Å². The van der Waals surface area contributed by atoms with Crippen LogP contribution >= 0.6 is 0 Å². The maximum Gasteiger partial charge on any atom is 0.408 e. The number of aliphatic hydroxyl groups is 2. The summed E-state index contributed by atoms with van der Waals surface area (Å²) in [4.78, 5) is 40.4. The van der Waals surface area contributed by atoms with Gasteiger partial charge in [-0.15, -0.1) is 0 Å². The normalized spacial score (nSPS) is 12.9. The molecule has 196 valence electrons. The Morgan fingerprint density at radius 2 is 1.64 bits per heavy atom. The number of rotatable bonds is 9. The third-order valence-corrected chi connectivity index (χ3v) is 5.32. The monoisotopic (exact) mass is 501 g/mol. The molecular formula is C26H35N3O7. The molecule has 5 N–H and O–H groups in total. The summed E-state index contributed by atoms with van der Waals surface area (Å²) < 4.78 is 5.18. The molecule has 2 aromatic carbocycles. The molecule has 10 heteroatoms. The molecule has 3 amide bonds. The zero-order chi connectivity index (χ0) is 27.0. The summed E-state index contributed by atoms with van der Waals surface area (Å²) in [7, 11) is 0. The molecule has 2 unspecified atom stereocenters. The Kier molecular flexibility index (Phi) is 9.83. The summed E-state index contributed by atoms with van der Waals surface area (Å²) in [5, 5.41) is 35.5. The fourth-order valence-corrected chi connectivity index (χ4v) is 3.58. The van der Waals surface area contributed by atoms with Gasteiger partial charge in [0.2, 0.25) is 5.91 Å². The van der Waals surface area contributed by atoms with E-state index in [0.717, 1.165) is 10.5 Å². The molecule has 0 aromatic heterocycles. The maximum atomic E-state index is 13.6. The van der Waals surface area contributed by atoms with Crippen molar-refractivity contribution >= 4 is 23.6 Å². The number of carbonyl (C=O) groups is 3. The van der Waals surface area contributed by atoms with Crippen LogP contribution in [0.3, 0.4) is 0 Å². The molecule has 0 saturated carbocycles. The lowest BCUT2D eigenvalue weighted by Gasteiger charge is -2.34. The van der Waals surface area contributed by atoms with Gasteiger partial charge in [-0.2, -0.15) is 0 Å². The van der Waals surface area contributed by atoms with Gasteiger partial charge in [-0.25, -0.2) is 4.79 Å². The van der Waals surface area contributed by atoms with E-state index in [-0.39, 0.29) is 17.9 Å². The highest BCUT2D eigenvalue weighted by Gasteiger charge is 2.37. The molecule has 36 heavy (non-hydrogen) atoms. The van der Waals surface area contributed by atoms with Gasteiger partial charge in [-0.05, 0) is 51.8 Å². The number of benzene rings is 2. The van der Waals surface area contributed by atoms with Gasteiger partial charge in [0.1, 0.15) is 23.4 Å². The summed E-state index contributed by atoms with van der Waals surface area (Å²) >= 11 is 0. The Bertz CT molecular complexity index is 1080. The number of anilines is 1. The average molecular weight is 502 g/mol. The van der Waals surface area contributed by atoms with Crippen LogP contribution in [-0.4, -0.2) is 69.5 Å². The molecule has 2 atom stereocenters. The molecule has 0 aliphatic rings. The lowest BCUT2D eigenvalue weighted by atomic mass is 9.99. The molecule has 2 aromatic rings. The number of carbonyl (C=O) groups excluding carboxylic acids is 3. The minimum Gasteiger partial charge on any atom is -0.507 e. The van der Waals surface area contributed by atoms with Gasteiger partial charge in [-0.1, -0.05) is 36.4 Å². The molecule has 10 nitrogen and oxygen atoms in total. The van der Waals surface area contributed by atoms with Crippen LogP contribution in [0.4, 0.5) is 10.5 Å². The minimum absolute atomic E-state index is 0.122. The first-order valence-electron chi connectivity index (χ1n) is 11.6. The van der Waals surface area contributed by atoms with Crippen molar-refractivity contribution in [2.24, 2.45) is 0 Å². The summed E-state index contributed by atoms with van der Waals surface area (Å²) in [6.45, 7) is 6.77. The van der Waals surface area contributed by atoms with Gasteiger partial charge >= 0.3 is 6.09 Å². The molecule has 0 radical (unpaired) electrons. The Labute approximate surface area is 210 Å². The molecule has 2 rings (SSSR count). The highest BCUT2D eigenvalue weighted by molar-refractivity contribution is 5.99. The van der Waals surface area contributed by atoms with Crippen molar-refractivity contribution in [2.45, 2.75) is 52.3 Å². The SMILES string of the molecule is Cc1ccccc1NC(=O)C(c1cccc(C)c1O)N(CCO)C(=O)C(CO)NC(=O)OC(C)(C)C. The lowest BCUT2D eigenvalue weighted by Crippen LogP contribution is -2.54. The van der Waals surface area contributed by atoms with Crippen LogP contribution in [0.5, 0.6) is 5.75 Å². The number of nitrogens with zero attached hydrogens (tertiary/aromatic N) is 1. The van der Waals surface area contributed by atoms with Crippen molar-refractivity contribution in [3.63, 3.8) is 0 Å². The van der Waals surface area contributed by atoms with E-state index in [9.17, 15) is 29.7 Å². The van der Waals surface area contributed by atoms with Crippen molar-refractivity contribution in [3.8, 4) is 5.75 Å². The number of hydrogen-bond donors (Lipinski definition) is 5. The van der Waals surface area contributed by atoms with E-state index in [0.29, 0.717) is 11.3 Å². The summed E-state index contributed by atoms with van der Waals surface area (Å²) in [5.41, 5.74) is 1.03. The van der Waals surface area contributed by atoms with Gasteiger partial charge in [0.25, 0.3) is 5.91 Å². The number of aryl methyl sites for hydroxylation is 2. The van der Waals surface area contributed by atoms with Crippen molar-refractivity contribution in [3.05, 3.63) is 59.2 Å². The predicted molar refractivity (Wildman–Crippen MR) is 134 cm³/mol. The van der Waals surface area contributed by atoms with Crippen molar-refractivity contribution in [2.75, 3.05) is 25.1 Å². The van der Waals surface area contributed by atoms with Crippen LogP contribution in [-0.2, 0) is 14.3 Å². The Balaban J connectivity index is 2.51. The standard InChI is InChI=1S/C26H35N3O7/c1-16-9-6-7-12-19(16)27-23(33)21(18-11-8-10-17(2)22(18)32)29(13-14-30)24(34)20(15-31)28-25(35)36-26(3,4)5/h6-12,20-21,30-32H,13-15H2,1-5H3,(H,27,33)(H,28,35). The number of phenolic OH excluding ortho intramolecular Hbond substituents is 1. The van der Waals surface area contributed by atoms with E-state index < -0.39 is 48.8 Å². The quantitative estimate of drug-likeness (QED) is 0.354. The van der Waals surface area contributed by atoms with Gasteiger partial charge in [0, 0.05) is 17.8 Å². The fourth-order valence-electron chi connectivity index (χ4n) is 3.58. The zero-order valence-electron chi connectivity index (χ0n) is 21.2. The third-order valence-electron chi connectivity index (χ3n) is 5.32. The van der Waals surface area contributed by atoms with E-state index in [2.05, 4.69) is 10.6 Å².